The highest BCUT2D eigenvalue weighted by Crippen LogP contribution is 2.20. The van der Waals surface area contributed by atoms with Gasteiger partial charge in [-0.3, -0.25) is 13.9 Å². The fourth-order valence-corrected chi connectivity index (χ4v) is 2.28. The molecule has 0 aromatic carbocycles. The molecule has 0 saturated carbocycles. The van der Waals surface area contributed by atoms with Gasteiger partial charge in [0.15, 0.2) is 11.2 Å². The van der Waals surface area contributed by atoms with Crippen molar-refractivity contribution in [3.8, 4) is 0 Å². The molecule has 0 saturated heterocycles. The van der Waals surface area contributed by atoms with E-state index in [9.17, 15) is 9.59 Å². The average Bonchev–Trinajstić information content (AvgIpc) is 2.80. The number of rotatable bonds is 4. The smallest absolute Gasteiger partial charge is 0.332 e. The van der Waals surface area contributed by atoms with E-state index in [1.165, 1.54) is 11.6 Å². The maximum Gasteiger partial charge on any atom is 0.332 e. The molecule has 0 amide bonds. The number of hydrogen-bond acceptors (Lipinski definition) is 4. The summed E-state index contributed by atoms with van der Waals surface area (Å²) in [5, 5.41) is 3.22. The zero-order valence-electron chi connectivity index (χ0n) is 12.6. The molecule has 110 valence electrons. The summed E-state index contributed by atoms with van der Waals surface area (Å²) in [5.74, 6) is 0.634. The highest BCUT2D eigenvalue weighted by Gasteiger charge is 2.20. The molecule has 1 N–H and O–H groups in total. The summed E-state index contributed by atoms with van der Waals surface area (Å²) in [6.07, 6.45) is 0.957. The molecule has 0 aliphatic carbocycles. The van der Waals surface area contributed by atoms with Crippen LogP contribution in [0.2, 0.25) is 0 Å². The Morgan fingerprint density at radius 1 is 1.20 bits per heavy atom. The van der Waals surface area contributed by atoms with E-state index in [0.717, 1.165) is 17.5 Å². The van der Waals surface area contributed by atoms with Crippen molar-refractivity contribution in [3.05, 3.63) is 20.8 Å². The minimum Gasteiger partial charge on any atom is -0.356 e. The van der Waals surface area contributed by atoms with Crippen LogP contribution in [-0.2, 0) is 14.1 Å². The summed E-state index contributed by atoms with van der Waals surface area (Å²) >= 11 is 0. The summed E-state index contributed by atoms with van der Waals surface area (Å²) in [4.78, 5) is 28.8. The molecule has 2 aromatic heterocycles. The fraction of sp³-hybridized carbons (Fsp3) is 0.615. The molecule has 0 fully saturated rings. The second kappa shape index (κ2) is 5.15. The summed E-state index contributed by atoms with van der Waals surface area (Å²) in [6, 6.07) is 0.0737. The predicted octanol–water partition coefficient (Wildman–Crippen LogP) is 0.836. The zero-order chi connectivity index (χ0) is 15.0. The van der Waals surface area contributed by atoms with Crippen LogP contribution in [0.5, 0.6) is 0 Å². The van der Waals surface area contributed by atoms with E-state index in [1.54, 1.807) is 7.05 Å². The van der Waals surface area contributed by atoms with E-state index in [2.05, 4.69) is 17.2 Å². The lowest BCUT2D eigenvalue weighted by molar-refractivity contribution is 0.614. The summed E-state index contributed by atoms with van der Waals surface area (Å²) in [6.45, 7) is 6.81. The lowest BCUT2D eigenvalue weighted by Crippen LogP contribution is -2.37. The largest absolute Gasteiger partial charge is 0.356 e. The van der Waals surface area contributed by atoms with Crippen LogP contribution < -0.4 is 16.6 Å². The zero-order valence-corrected chi connectivity index (χ0v) is 12.6. The van der Waals surface area contributed by atoms with Crippen LogP contribution in [-0.4, -0.2) is 25.2 Å². The van der Waals surface area contributed by atoms with Gasteiger partial charge in [0.1, 0.15) is 0 Å². The Kier molecular flexibility index (Phi) is 3.69. The van der Waals surface area contributed by atoms with Crippen LogP contribution in [0.25, 0.3) is 11.2 Å². The number of aryl methyl sites for hydroxylation is 1. The monoisotopic (exact) mass is 279 g/mol. The first-order valence-corrected chi connectivity index (χ1v) is 6.82. The summed E-state index contributed by atoms with van der Waals surface area (Å²) < 4.78 is 4.38. The van der Waals surface area contributed by atoms with Gasteiger partial charge < -0.3 is 9.88 Å². The third-order valence-electron chi connectivity index (χ3n) is 3.34. The Morgan fingerprint density at radius 2 is 1.85 bits per heavy atom. The van der Waals surface area contributed by atoms with Crippen molar-refractivity contribution in [2.75, 3.05) is 11.9 Å². The SMILES string of the molecule is CCCNc1nc2c(c(=O)n(C)c(=O)n2C)n1C(C)C. The molecule has 0 aliphatic rings. The number of imidazole rings is 1. The van der Waals surface area contributed by atoms with E-state index in [4.69, 9.17) is 0 Å². The van der Waals surface area contributed by atoms with E-state index >= 15 is 0 Å². The van der Waals surface area contributed by atoms with Gasteiger partial charge in [-0.2, -0.15) is 4.98 Å². The number of nitrogens with zero attached hydrogens (tertiary/aromatic N) is 4. The van der Waals surface area contributed by atoms with Gasteiger partial charge in [-0.05, 0) is 20.3 Å². The number of fused-ring (bicyclic) bond motifs is 1. The van der Waals surface area contributed by atoms with Crippen molar-refractivity contribution in [2.45, 2.75) is 33.2 Å². The summed E-state index contributed by atoms with van der Waals surface area (Å²) in [5.41, 5.74) is 0.209. The molecule has 0 aliphatic heterocycles. The Hall–Kier alpha value is -2.05. The van der Waals surface area contributed by atoms with Gasteiger partial charge in [0, 0.05) is 26.7 Å². The molecule has 7 heteroatoms. The Morgan fingerprint density at radius 3 is 2.40 bits per heavy atom. The lowest BCUT2D eigenvalue weighted by atomic mass is 10.3. The van der Waals surface area contributed by atoms with Crippen LogP contribution in [0.1, 0.15) is 33.2 Å². The second-order valence-electron chi connectivity index (χ2n) is 5.20. The first-order chi connectivity index (χ1) is 9.40. The van der Waals surface area contributed by atoms with Crippen molar-refractivity contribution < 1.29 is 0 Å². The molecule has 0 radical (unpaired) electrons. The van der Waals surface area contributed by atoms with E-state index in [-0.39, 0.29) is 17.3 Å². The van der Waals surface area contributed by atoms with Crippen molar-refractivity contribution in [1.29, 1.82) is 0 Å². The summed E-state index contributed by atoms with van der Waals surface area (Å²) in [7, 11) is 3.12. The minimum atomic E-state index is -0.363. The highest BCUT2D eigenvalue weighted by molar-refractivity contribution is 5.74. The minimum absolute atomic E-state index is 0.0737. The molecular formula is C13H21N5O2. The molecule has 20 heavy (non-hydrogen) atoms. The molecule has 2 heterocycles. The van der Waals surface area contributed by atoms with Crippen LogP contribution in [0.4, 0.5) is 5.95 Å². The quantitative estimate of drug-likeness (QED) is 0.900. The fourth-order valence-electron chi connectivity index (χ4n) is 2.28. The molecule has 0 spiro atoms. The van der Waals surface area contributed by atoms with Gasteiger partial charge in [-0.25, -0.2) is 4.79 Å². The normalized spacial score (nSPS) is 11.5. The van der Waals surface area contributed by atoms with E-state index < -0.39 is 0 Å². The van der Waals surface area contributed by atoms with Gasteiger partial charge in [0.05, 0.1) is 0 Å². The van der Waals surface area contributed by atoms with Crippen LogP contribution in [0.3, 0.4) is 0 Å². The van der Waals surface area contributed by atoms with Gasteiger partial charge in [-0.1, -0.05) is 6.92 Å². The highest BCUT2D eigenvalue weighted by atomic mass is 16.2. The Bertz CT molecular complexity index is 751. The van der Waals surface area contributed by atoms with Crippen molar-refractivity contribution in [3.63, 3.8) is 0 Å². The van der Waals surface area contributed by atoms with Gasteiger partial charge >= 0.3 is 5.69 Å². The third-order valence-corrected chi connectivity index (χ3v) is 3.34. The third kappa shape index (κ3) is 2.03. The molecule has 2 aromatic rings. The number of anilines is 1. The number of nitrogens with one attached hydrogen (secondary N) is 1. The molecule has 0 unspecified atom stereocenters. The van der Waals surface area contributed by atoms with Gasteiger partial charge in [0.2, 0.25) is 5.95 Å². The maximum atomic E-state index is 12.4. The molecule has 2 rings (SSSR count). The Balaban J connectivity index is 2.88. The van der Waals surface area contributed by atoms with Crippen LogP contribution in [0, 0.1) is 0 Å². The number of aromatic nitrogens is 4. The van der Waals surface area contributed by atoms with Crippen LogP contribution >= 0.6 is 0 Å². The average molecular weight is 279 g/mol. The predicted molar refractivity (Wildman–Crippen MR) is 79.4 cm³/mol. The first kappa shape index (κ1) is 14.4. The second-order valence-corrected chi connectivity index (χ2v) is 5.20. The van der Waals surface area contributed by atoms with Crippen molar-refractivity contribution in [1.82, 2.24) is 18.7 Å². The van der Waals surface area contributed by atoms with Crippen LogP contribution in [0.15, 0.2) is 9.59 Å². The maximum absolute atomic E-state index is 12.4. The molecular weight excluding hydrogens is 258 g/mol. The molecule has 0 atom stereocenters. The number of hydrogen-bond donors (Lipinski definition) is 1. The topological polar surface area (TPSA) is 73.8 Å². The molecule has 0 bridgehead atoms. The van der Waals surface area contributed by atoms with E-state index in [0.29, 0.717) is 17.1 Å². The van der Waals surface area contributed by atoms with E-state index in [1.807, 2.05) is 18.4 Å². The van der Waals surface area contributed by atoms with Crippen molar-refractivity contribution in [2.24, 2.45) is 14.1 Å². The van der Waals surface area contributed by atoms with Gasteiger partial charge in [-0.15, -0.1) is 0 Å². The molecule has 7 nitrogen and oxygen atoms in total. The van der Waals surface area contributed by atoms with Gasteiger partial charge in [0.25, 0.3) is 5.56 Å². The lowest BCUT2D eigenvalue weighted by Gasteiger charge is -2.13. The Labute approximate surface area is 116 Å². The standard InChI is InChI=1S/C13H21N5O2/c1-6-7-14-12-15-10-9(18(12)8(2)3)11(19)17(5)13(20)16(10)4/h8H,6-7H2,1-5H3,(H,14,15). The van der Waals surface area contributed by atoms with Crippen molar-refractivity contribution >= 4 is 17.1 Å². The first-order valence-electron chi connectivity index (χ1n) is 6.82.